The maximum Gasteiger partial charge on any atom is 0.308 e. The Morgan fingerprint density at radius 2 is 2.29 bits per heavy atom. The summed E-state index contributed by atoms with van der Waals surface area (Å²) in [5.41, 5.74) is 0.256. The topological polar surface area (TPSA) is 89.3 Å². The zero-order valence-corrected chi connectivity index (χ0v) is 12.7. The highest BCUT2D eigenvalue weighted by molar-refractivity contribution is 6.12. The van der Waals surface area contributed by atoms with Crippen LogP contribution < -0.4 is 10.1 Å². The second-order valence-corrected chi connectivity index (χ2v) is 5.55. The summed E-state index contributed by atoms with van der Waals surface area (Å²) in [6.45, 7) is 1.33. The van der Waals surface area contributed by atoms with E-state index >= 15 is 0 Å². The van der Waals surface area contributed by atoms with Crippen molar-refractivity contribution in [2.45, 2.75) is 18.6 Å². The molecule has 1 aromatic carbocycles. The van der Waals surface area contributed by atoms with Crippen LogP contribution in [-0.4, -0.2) is 35.6 Å². The van der Waals surface area contributed by atoms with Crippen molar-refractivity contribution in [2.75, 3.05) is 0 Å². The zero-order valence-electron chi connectivity index (χ0n) is 12.7. The van der Waals surface area contributed by atoms with Gasteiger partial charge in [0.2, 0.25) is 6.10 Å². The van der Waals surface area contributed by atoms with Crippen LogP contribution in [0.5, 0.6) is 5.75 Å². The number of hydrogen-bond acceptors (Lipinski definition) is 6. The molecule has 0 bridgehead atoms. The Bertz CT molecular complexity index is 868. The fraction of sp³-hybridized carbons (Fsp3) is 0.176. The molecule has 0 saturated heterocycles. The average Bonchev–Trinajstić information content (AvgIpc) is 2.94. The first kappa shape index (κ1) is 14.4. The van der Waals surface area contributed by atoms with Crippen molar-refractivity contribution >= 4 is 23.9 Å². The highest BCUT2D eigenvalue weighted by Gasteiger charge is 2.53. The van der Waals surface area contributed by atoms with Gasteiger partial charge in [-0.15, -0.1) is 0 Å². The minimum atomic E-state index is -0.955. The number of dihydropyridines is 1. The number of nitrogens with zero attached hydrogens (tertiary/aromatic N) is 2. The second-order valence-electron chi connectivity index (χ2n) is 5.55. The monoisotopic (exact) mass is 323 g/mol. The van der Waals surface area contributed by atoms with E-state index in [1.165, 1.54) is 13.2 Å². The van der Waals surface area contributed by atoms with Crippen LogP contribution in [0.2, 0.25) is 0 Å². The summed E-state index contributed by atoms with van der Waals surface area (Å²) in [5.74, 6) is 0.0425. The highest BCUT2D eigenvalue weighted by atomic mass is 16.5. The summed E-state index contributed by atoms with van der Waals surface area (Å²) < 4.78 is 10.5. The van der Waals surface area contributed by atoms with Gasteiger partial charge in [-0.1, -0.05) is 12.1 Å². The quantitative estimate of drug-likeness (QED) is 0.652. The SMILES string of the molecule is CC(=O)Oc1cccc(C2=NC34C=CC=NC3=COC4C(=O)N2)c1. The maximum atomic E-state index is 12.5. The van der Waals surface area contributed by atoms with Crippen molar-refractivity contribution < 1.29 is 19.1 Å². The smallest absolute Gasteiger partial charge is 0.308 e. The molecule has 0 saturated carbocycles. The van der Waals surface area contributed by atoms with Crippen LogP contribution in [-0.2, 0) is 14.3 Å². The molecule has 4 rings (SSSR count). The molecule has 3 aliphatic rings. The molecule has 7 heteroatoms. The summed E-state index contributed by atoms with van der Waals surface area (Å²) >= 11 is 0. The first-order chi connectivity index (χ1) is 11.6. The number of carbonyl (C=O) groups is 2. The molecular formula is C17H13N3O4. The third-order valence-corrected chi connectivity index (χ3v) is 3.92. The van der Waals surface area contributed by atoms with Crippen molar-refractivity contribution in [1.82, 2.24) is 5.32 Å². The molecule has 1 N–H and O–H groups in total. The van der Waals surface area contributed by atoms with Gasteiger partial charge in [0.1, 0.15) is 23.5 Å². The predicted octanol–water partition coefficient (Wildman–Crippen LogP) is 1.11. The molecule has 0 aliphatic carbocycles. The number of rotatable bonds is 2. The molecule has 2 atom stereocenters. The molecule has 0 radical (unpaired) electrons. The number of allylic oxidation sites excluding steroid dienone is 1. The minimum Gasteiger partial charge on any atom is -0.483 e. The Morgan fingerprint density at radius 3 is 3.12 bits per heavy atom. The normalized spacial score (nSPS) is 26.5. The van der Waals surface area contributed by atoms with Gasteiger partial charge in [0.15, 0.2) is 5.54 Å². The predicted molar refractivity (Wildman–Crippen MR) is 85.7 cm³/mol. The lowest BCUT2D eigenvalue weighted by molar-refractivity contribution is -0.132. The molecular weight excluding hydrogens is 310 g/mol. The molecule has 24 heavy (non-hydrogen) atoms. The maximum absolute atomic E-state index is 12.5. The van der Waals surface area contributed by atoms with Gasteiger partial charge in [0.25, 0.3) is 5.91 Å². The number of ether oxygens (including phenoxy) is 2. The average molecular weight is 323 g/mol. The summed E-state index contributed by atoms with van der Waals surface area (Å²) in [6.07, 6.45) is 5.87. The van der Waals surface area contributed by atoms with Crippen LogP contribution in [0, 0.1) is 0 Å². The van der Waals surface area contributed by atoms with Gasteiger partial charge in [-0.05, 0) is 24.3 Å². The Hall–Kier alpha value is -3.22. The summed E-state index contributed by atoms with van der Waals surface area (Å²) in [6, 6.07) is 6.80. The van der Waals surface area contributed by atoms with Gasteiger partial charge in [-0.2, -0.15) is 0 Å². The molecule has 0 aromatic heterocycles. The number of benzene rings is 1. The lowest BCUT2D eigenvalue weighted by Crippen LogP contribution is -2.55. The van der Waals surface area contributed by atoms with Crippen molar-refractivity contribution in [1.29, 1.82) is 0 Å². The molecule has 1 amide bonds. The summed E-state index contributed by atoms with van der Waals surface area (Å²) in [4.78, 5) is 32.5. The number of nitrogens with one attached hydrogen (secondary N) is 1. The molecule has 3 aliphatic heterocycles. The highest BCUT2D eigenvalue weighted by Crippen LogP contribution is 2.40. The van der Waals surface area contributed by atoms with E-state index in [1.807, 2.05) is 0 Å². The lowest BCUT2D eigenvalue weighted by atomic mass is 9.87. The van der Waals surface area contributed by atoms with E-state index in [0.717, 1.165) is 0 Å². The van der Waals surface area contributed by atoms with E-state index in [1.54, 1.807) is 42.6 Å². The number of hydrogen-bond donors (Lipinski definition) is 1. The Labute approximate surface area is 137 Å². The third kappa shape index (κ3) is 2.13. The lowest BCUT2D eigenvalue weighted by Gasteiger charge is -2.33. The van der Waals surface area contributed by atoms with Crippen LogP contribution >= 0.6 is 0 Å². The Morgan fingerprint density at radius 1 is 1.42 bits per heavy atom. The van der Waals surface area contributed by atoms with E-state index in [-0.39, 0.29) is 5.91 Å². The summed E-state index contributed by atoms with van der Waals surface area (Å²) in [7, 11) is 0. The van der Waals surface area contributed by atoms with Crippen molar-refractivity contribution in [3.63, 3.8) is 0 Å². The molecule has 0 fully saturated rings. The largest absolute Gasteiger partial charge is 0.483 e. The standard InChI is InChI=1S/C17H13N3O4/c1-10(21)24-12-5-2-4-11(8-12)15-19-16(22)14-17(20-15)6-3-7-18-13(17)9-23-14/h2-9,14H,1H3,(H,19,20,22). The first-order valence-electron chi connectivity index (χ1n) is 7.36. The third-order valence-electron chi connectivity index (χ3n) is 3.92. The molecule has 1 aromatic rings. The van der Waals surface area contributed by atoms with E-state index in [0.29, 0.717) is 22.8 Å². The number of amides is 1. The number of esters is 1. The van der Waals surface area contributed by atoms with Gasteiger partial charge < -0.3 is 14.8 Å². The Balaban J connectivity index is 1.78. The van der Waals surface area contributed by atoms with Gasteiger partial charge in [-0.3, -0.25) is 14.6 Å². The van der Waals surface area contributed by atoms with Crippen molar-refractivity contribution in [3.8, 4) is 5.75 Å². The fourth-order valence-electron chi connectivity index (χ4n) is 2.90. The number of amidine groups is 1. The first-order valence-corrected chi connectivity index (χ1v) is 7.36. The second kappa shape index (κ2) is 5.16. The molecule has 2 unspecified atom stereocenters. The van der Waals surface area contributed by atoms with E-state index in [4.69, 9.17) is 9.47 Å². The van der Waals surface area contributed by atoms with E-state index < -0.39 is 17.6 Å². The molecule has 120 valence electrons. The van der Waals surface area contributed by atoms with E-state index in [9.17, 15) is 9.59 Å². The fourth-order valence-corrected chi connectivity index (χ4v) is 2.90. The minimum absolute atomic E-state index is 0.300. The van der Waals surface area contributed by atoms with Gasteiger partial charge in [-0.25, -0.2) is 4.99 Å². The van der Waals surface area contributed by atoms with Crippen LogP contribution in [0.4, 0.5) is 0 Å². The van der Waals surface area contributed by atoms with Gasteiger partial charge in [0.05, 0.1) is 0 Å². The van der Waals surface area contributed by atoms with Gasteiger partial charge in [0, 0.05) is 18.7 Å². The van der Waals surface area contributed by atoms with Crippen LogP contribution in [0.15, 0.2) is 58.4 Å². The molecule has 1 spiro atoms. The Kier molecular flexibility index (Phi) is 3.09. The van der Waals surface area contributed by atoms with E-state index in [2.05, 4.69) is 15.3 Å². The molecule has 7 nitrogen and oxygen atoms in total. The van der Waals surface area contributed by atoms with Gasteiger partial charge >= 0.3 is 5.97 Å². The molecule has 3 heterocycles. The van der Waals surface area contributed by atoms with Crippen LogP contribution in [0.3, 0.4) is 0 Å². The zero-order chi connectivity index (χ0) is 16.7. The number of carbonyl (C=O) groups excluding carboxylic acids is 2. The van der Waals surface area contributed by atoms with Crippen molar-refractivity contribution in [3.05, 3.63) is 53.9 Å². The van der Waals surface area contributed by atoms with Crippen LogP contribution in [0.25, 0.3) is 0 Å². The summed E-state index contributed by atoms with van der Waals surface area (Å²) in [5, 5.41) is 2.74. The van der Waals surface area contributed by atoms with Crippen molar-refractivity contribution in [2.24, 2.45) is 9.98 Å². The van der Waals surface area contributed by atoms with Crippen LogP contribution in [0.1, 0.15) is 12.5 Å². The number of aliphatic imine (C=N–C) groups is 2.